The number of carbonyl (C=O) groups is 3. The van der Waals surface area contributed by atoms with Crippen LogP contribution >= 0.6 is 0 Å². The van der Waals surface area contributed by atoms with Crippen LogP contribution in [0.1, 0.15) is 69.6 Å². The van der Waals surface area contributed by atoms with Crippen molar-refractivity contribution in [2.45, 2.75) is 50.7 Å². The van der Waals surface area contributed by atoms with Crippen molar-refractivity contribution in [3.05, 3.63) is 89.5 Å². The molecule has 9 heteroatoms. The Bertz CT molecular complexity index is 1330. The average molecular weight is 575 g/mol. The Hall–Kier alpha value is -4.21. The Balaban J connectivity index is 1.02. The molecule has 2 aliphatic heterocycles. The predicted molar refractivity (Wildman–Crippen MR) is 152 cm³/mol. The van der Waals surface area contributed by atoms with E-state index < -0.39 is 17.9 Å². The molecular formula is C33H34O9. The van der Waals surface area contributed by atoms with Crippen LogP contribution < -0.4 is 14.2 Å². The van der Waals surface area contributed by atoms with E-state index in [9.17, 15) is 14.4 Å². The largest absolute Gasteiger partial charge is 0.494 e. The number of rotatable bonds is 16. The van der Waals surface area contributed by atoms with Crippen LogP contribution in [0.3, 0.4) is 0 Å². The highest BCUT2D eigenvalue weighted by atomic mass is 16.6. The lowest BCUT2D eigenvalue weighted by Gasteiger charge is -2.08. The van der Waals surface area contributed by atoms with Crippen molar-refractivity contribution in [2.24, 2.45) is 0 Å². The van der Waals surface area contributed by atoms with Gasteiger partial charge in [0.1, 0.15) is 17.2 Å². The van der Waals surface area contributed by atoms with Crippen molar-refractivity contribution in [1.29, 1.82) is 0 Å². The lowest BCUT2D eigenvalue weighted by atomic mass is 10.2. The first-order chi connectivity index (χ1) is 20.5. The van der Waals surface area contributed by atoms with Crippen LogP contribution in [0, 0.1) is 0 Å². The summed E-state index contributed by atoms with van der Waals surface area (Å²) in [6.45, 7) is 2.68. The summed E-state index contributed by atoms with van der Waals surface area (Å²) in [7, 11) is 0. The van der Waals surface area contributed by atoms with Crippen LogP contribution in [0.2, 0.25) is 0 Å². The molecule has 2 atom stereocenters. The highest BCUT2D eigenvalue weighted by Gasteiger charge is 2.22. The van der Waals surface area contributed by atoms with Crippen LogP contribution in [0.15, 0.2) is 72.8 Å². The van der Waals surface area contributed by atoms with Gasteiger partial charge in [0.15, 0.2) is 0 Å². The molecule has 0 aliphatic carbocycles. The van der Waals surface area contributed by atoms with Gasteiger partial charge in [0.05, 0.1) is 55.3 Å². The van der Waals surface area contributed by atoms with Crippen molar-refractivity contribution in [2.75, 3.05) is 26.4 Å². The van der Waals surface area contributed by atoms with E-state index in [1.165, 1.54) is 36.4 Å². The van der Waals surface area contributed by atoms with Crippen LogP contribution in [0.5, 0.6) is 17.2 Å². The van der Waals surface area contributed by atoms with E-state index >= 15 is 0 Å². The van der Waals surface area contributed by atoms with Crippen LogP contribution in [-0.4, -0.2) is 56.5 Å². The molecule has 2 saturated heterocycles. The van der Waals surface area contributed by atoms with Gasteiger partial charge in [0, 0.05) is 0 Å². The van der Waals surface area contributed by atoms with Crippen LogP contribution in [0.4, 0.5) is 0 Å². The fourth-order valence-electron chi connectivity index (χ4n) is 4.19. The molecule has 3 aromatic carbocycles. The van der Waals surface area contributed by atoms with Gasteiger partial charge in [0.25, 0.3) is 0 Å². The summed E-state index contributed by atoms with van der Waals surface area (Å²) in [6, 6.07) is 19.0. The van der Waals surface area contributed by atoms with Crippen molar-refractivity contribution < 1.29 is 42.8 Å². The third-order valence-electron chi connectivity index (χ3n) is 6.84. The lowest BCUT2D eigenvalue weighted by Crippen LogP contribution is -2.10. The highest BCUT2D eigenvalue weighted by Crippen LogP contribution is 2.21. The monoisotopic (exact) mass is 574 g/mol. The normalized spacial score (nSPS) is 16.8. The van der Waals surface area contributed by atoms with E-state index in [2.05, 4.69) is 0 Å². The molecule has 0 saturated carbocycles. The minimum Gasteiger partial charge on any atom is -0.494 e. The van der Waals surface area contributed by atoms with E-state index in [-0.39, 0.29) is 11.3 Å². The molecule has 0 bridgehead atoms. The number of unbranched alkanes of at least 4 members (excludes halogenated alkanes) is 2. The summed E-state index contributed by atoms with van der Waals surface area (Å²) < 4.78 is 32.2. The first kappa shape index (κ1) is 29.3. The molecule has 0 N–H and O–H groups in total. The maximum absolute atomic E-state index is 12.6. The van der Waals surface area contributed by atoms with Gasteiger partial charge in [-0.3, -0.25) is 0 Å². The third-order valence-corrected chi connectivity index (χ3v) is 6.84. The molecule has 2 heterocycles. The quantitative estimate of drug-likeness (QED) is 0.0906. The van der Waals surface area contributed by atoms with Crippen molar-refractivity contribution in [3.8, 4) is 17.2 Å². The van der Waals surface area contributed by atoms with Gasteiger partial charge in [-0.2, -0.15) is 0 Å². The Kier molecular flexibility index (Phi) is 10.2. The third kappa shape index (κ3) is 9.43. The van der Waals surface area contributed by atoms with E-state index in [0.717, 1.165) is 51.7 Å². The molecule has 42 heavy (non-hydrogen) atoms. The molecule has 220 valence electrons. The summed E-state index contributed by atoms with van der Waals surface area (Å²) in [6.07, 6.45) is 6.65. The summed E-state index contributed by atoms with van der Waals surface area (Å²) in [5.41, 5.74) is 1.04. The molecule has 5 rings (SSSR count). The Labute approximate surface area is 244 Å². The number of esters is 3. The first-order valence-corrected chi connectivity index (χ1v) is 14.3. The smallest absolute Gasteiger partial charge is 0.343 e. The molecule has 0 radical (unpaired) electrons. The topological polar surface area (TPSA) is 113 Å². The number of epoxide rings is 2. The molecule has 0 amide bonds. The summed E-state index contributed by atoms with van der Waals surface area (Å²) in [5, 5.41) is 0. The lowest BCUT2D eigenvalue weighted by molar-refractivity contribution is 0.0497. The number of ether oxygens (including phenoxy) is 6. The standard InChI is InChI=1S/C33H34O9/c34-31(38-20-4-2-6-30-22-40-30)23-9-15-27(16-10-23)41-33(36)25-11-17-28(18-12-25)42-32(35)24-7-13-26(14-8-24)37-19-3-1-5-29-21-39-29/h7-18,29-30H,1-6,19-22H2. The Morgan fingerprint density at radius 3 is 1.40 bits per heavy atom. The van der Waals surface area contributed by atoms with Gasteiger partial charge in [-0.05, 0) is 111 Å². The molecular weight excluding hydrogens is 540 g/mol. The van der Waals surface area contributed by atoms with E-state index in [4.69, 9.17) is 28.4 Å². The molecule has 2 unspecified atom stereocenters. The van der Waals surface area contributed by atoms with Crippen LogP contribution in [-0.2, 0) is 14.2 Å². The van der Waals surface area contributed by atoms with E-state index in [0.29, 0.717) is 48.0 Å². The molecule has 0 aromatic heterocycles. The van der Waals surface area contributed by atoms with Gasteiger partial charge in [-0.25, -0.2) is 14.4 Å². The second kappa shape index (κ2) is 14.6. The van der Waals surface area contributed by atoms with Gasteiger partial charge < -0.3 is 28.4 Å². The number of hydrogen-bond donors (Lipinski definition) is 0. The summed E-state index contributed by atoms with van der Waals surface area (Å²) >= 11 is 0. The second-order valence-corrected chi connectivity index (χ2v) is 10.2. The predicted octanol–water partition coefficient (Wildman–Crippen LogP) is 5.80. The SMILES string of the molecule is O=C(OCCCCC1CO1)c1ccc(OC(=O)c2ccc(OC(=O)c3ccc(OCCCCC4CO4)cc3)cc2)cc1. The van der Waals surface area contributed by atoms with Gasteiger partial charge in [-0.15, -0.1) is 0 Å². The number of hydrogen-bond acceptors (Lipinski definition) is 9. The van der Waals surface area contributed by atoms with Crippen LogP contribution in [0.25, 0.3) is 0 Å². The highest BCUT2D eigenvalue weighted by molar-refractivity contribution is 5.93. The average Bonchev–Trinajstić information content (AvgIpc) is 3.94. The second-order valence-electron chi connectivity index (χ2n) is 10.2. The van der Waals surface area contributed by atoms with Crippen molar-refractivity contribution in [1.82, 2.24) is 0 Å². The van der Waals surface area contributed by atoms with Gasteiger partial charge in [0.2, 0.25) is 0 Å². The Morgan fingerprint density at radius 2 is 0.952 bits per heavy atom. The minimum atomic E-state index is -0.584. The van der Waals surface area contributed by atoms with Gasteiger partial charge >= 0.3 is 17.9 Å². The summed E-state index contributed by atoms with van der Waals surface area (Å²) in [5.74, 6) is -0.253. The van der Waals surface area contributed by atoms with Crippen molar-refractivity contribution >= 4 is 17.9 Å². The maximum atomic E-state index is 12.6. The number of benzene rings is 3. The molecule has 0 spiro atoms. The minimum absolute atomic E-state index is 0.279. The zero-order chi connectivity index (χ0) is 29.1. The fourth-order valence-corrected chi connectivity index (χ4v) is 4.19. The van der Waals surface area contributed by atoms with Gasteiger partial charge in [-0.1, -0.05) is 0 Å². The molecule has 2 aliphatic rings. The fraction of sp³-hybridized carbons (Fsp3) is 0.364. The number of carbonyl (C=O) groups excluding carboxylic acids is 3. The van der Waals surface area contributed by atoms with Crippen molar-refractivity contribution in [3.63, 3.8) is 0 Å². The maximum Gasteiger partial charge on any atom is 0.343 e. The summed E-state index contributed by atoms with van der Waals surface area (Å²) in [4.78, 5) is 37.3. The molecule has 9 nitrogen and oxygen atoms in total. The molecule has 2 fully saturated rings. The molecule has 3 aromatic rings. The van der Waals surface area contributed by atoms with E-state index in [1.807, 2.05) is 0 Å². The Morgan fingerprint density at radius 1 is 0.548 bits per heavy atom. The first-order valence-electron chi connectivity index (χ1n) is 14.3. The van der Waals surface area contributed by atoms with E-state index in [1.54, 1.807) is 36.4 Å². The zero-order valence-corrected chi connectivity index (χ0v) is 23.3. The zero-order valence-electron chi connectivity index (χ0n) is 23.3.